The first-order chi connectivity index (χ1) is 11.9. The molecule has 3 aromatic rings. The smallest absolute Gasteiger partial charge is 0.151 e. The standard InChI is InChI=1S/C17H19N5S2/c1-6-16(21-19-7-1)22-8-2-4-13(11-22)18-10-14-12-24-17(20-14)15-5-3-9-23-15/h1,3,5-7,9,12-13,18H,2,4,8,10-11H2. The van der Waals surface area contributed by atoms with E-state index >= 15 is 0 Å². The Morgan fingerprint density at radius 3 is 3.08 bits per heavy atom. The number of nitrogens with one attached hydrogen (secondary N) is 1. The van der Waals surface area contributed by atoms with E-state index in [1.807, 2.05) is 12.1 Å². The zero-order valence-corrected chi connectivity index (χ0v) is 14.9. The molecule has 5 nitrogen and oxygen atoms in total. The molecule has 4 rings (SSSR count). The molecule has 1 unspecified atom stereocenters. The summed E-state index contributed by atoms with van der Waals surface area (Å²) in [4.78, 5) is 8.30. The van der Waals surface area contributed by atoms with Gasteiger partial charge in [0.2, 0.25) is 0 Å². The first-order valence-corrected chi connectivity index (χ1v) is 9.89. The summed E-state index contributed by atoms with van der Waals surface area (Å²) in [5.41, 5.74) is 1.13. The van der Waals surface area contributed by atoms with E-state index in [1.54, 1.807) is 28.9 Å². The second-order valence-electron chi connectivity index (χ2n) is 5.87. The highest BCUT2D eigenvalue weighted by molar-refractivity contribution is 7.20. The Morgan fingerprint density at radius 1 is 1.25 bits per heavy atom. The molecule has 0 saturated carbocycles. The van der Waals surface area contributed by atoms with E-state index in [2.05, 4.69) is 43.3 Å². The second kappa shape index (κ2) is 7.38. The van der Waals surface area contributed by atoms with E-state index < -0.39 is 0 Å². The van der Waals surface area contributed by atoms with Crippen LogP contribution < -0.4 is 10.2 Å². The third-order valence-electron chi connectivity index (χ3n) is 4.16. The van der Waals surface area contributed by atoms with Gasteiger partial charge in [0.05, 0.1) is 10.6 Å². The van der Waals surface area contributed by atoms with Crippen molar-refractivity contribution in [1.82, 2.24) is 20.5 Å². The van der Waals surface area contributed by atoms with Gasteiger partial charge in [0.15, 0.2) is 5.82 Å². The summed E-state index contributed by atoms with van der Waals surface area (Å²) in [5, 5.41) is 17.2. The van der Waals surface area contributed by atoms with E-state index in [-0.39, 0.29) is 0 Å². The predicted octanol–water partition coefficient (Wildman–Crippen LogP) is 3.42. The van der Waals surface area contributed by atoms with Crippen LogP contribution in [0.4, 0.5) is 5.82 Å². The molecule has 0 amide bonds. The lowest BCUT2D eigenvalue weighted by molar-refractivity contribution is 0.418. The summed E-state index contributed by atoms with van der Waals surface area (Å²) in [5.74, 6) is 0.970. The summed E-state index contributed by atoms with van der Waals surface area (Å²) < 4.78 is 0. The largest absolute Gasteiger partial charge is 0.354 e. The Bertz CT molecular complexity index is 756. The molecule has 1 saturated heterocycles. The lowest BCUT2D eigenvalue weighted by Crippen LogP contribution is -2.45. The molecular formula is C17H19N5S2. The van der Waals surface area contributed by atoms with Gasteiger partial charge in [-0.3, -0.25) is 0 Å². The Kier molecular flexibility index (Phi) is 4.82. The molecule has 1 N–H and O–H groups in total. The molecule has 1 aliphatic heterocycles. The van der Waals surface area contributed by atoms with Gasteiger partial charge in [-0.2, -0.15) is 5.10 Å². The monoisotopic (exact) mass is 357 g/mol. The Hall–Kier alpha value is -1.83. The van der Waals surface area contributed by atoms with Crippen molar-refractivity contribution in [2.24, 2.45) is 0 Å². The molecule has 1 atom stereocenters. The quantitative estimate of drug-likeness (QED) is 0.758. The fraction of sp³-hybridized carbons (Fsp3) is 0.353. The van der Waals surface area contributed by atoms with Crippen LogP contribution in [0.1, 0.15) is 18.5 Å². The predicted molar refractivity (Wildman–Crippen MR) is 99.5 cm³/mol. The average molecular weight is 358 g/mol. The van der Waals surface area contributed by atoms with Gasteiger partial charge in [-0.1, -0.05) is 6.07 Å². The molecule has 1 aliphatic rings. The van der Waals surface area contributed by atoms with E-state index in [4.69, 9.17) is 4.98 Å². The highest BCUT2D eigenvalue weighted by Crippen LogP contribution is 2.27. The van der Waals surface area contributed by atoms with Crippen LogP contribution in [0.15, 0.2) is 41.2 Å². The molecule has 1 fully saturated rings. The van der Waals surface area contributed by atoms with Crippen molar-refractivity contribution in [3.8, 4) is 9.88 Å². The SMILES string of the molecule is c1cnnc(N2CCCC(NCc3csc(-c4cccs4)n3)C2)c1. The number of thiophene rings is 1. The van der Waals surface area contributed by atoms with Crippen molar-refractivity contribution in [1.29, 1.82) is 0 Å². The summed E-state index contributed by atoms with van der Waals surface area (Å²) in [6.45, 7) is 2.84. The first-order valence-electron chi connectivity index (χ1n) is 8.13. The Morgan fingerprint density at radius 2 is 2.25 bits per heavy atom. The van der Waals surface area contributed by atoms with Gasteiger partial charge in [0, 0.05) is 37.3 Å². The summed E-state index contributed by atoms with van der Waals surface area (Å²) in [7, 11) is 0. The molecule has 0 bridgehead atoms. The third kappa shape index (κ3) is 3.63. The van der Waals surface area contributed by atoms with Crippen molar-refractivity contribution in [2.45, 2.75) is 25.4 Å². The van der Waals surface area contributed by atoms with Crippen LogP contribution in [0.2, 0.25) is 0 Å². The number of piperidine rings is 1. The van der Waals surface area contributed by atoms with Gasteiger partial charge < -0.3 is 10.2 Å². The number of nitrogens with zero attached hydrogens (tertiary/aromatic N) is 4. The van der Waals surface area contributed by atoms with E-state index in [1.165, 1.54) is 17.7 Å². The van der Waals surface area contributed by atoms with Gasteiger partial charge in [-0.05, 0) is 36.4 Å². The second-order valence-corrected chi connectivity index (χ2v) is 7.68. The normalized spacial score (nSPS) is 18.0. The minimum absolute atomic E-state index is 0.465. The maximum Gasteiger partial charge on any atom is 0.151 e. The van der Waals surface area contributed by atoms with Gasteiger partial charge in [0.25, 0.3) is 0 Å². The van der Waals surface area contributed by atoms with Crippen LogP contribution in [0.25, 0.3) is 9.88 Å². The molecule has 0 aromatic carbocycles. The summed E-state index contributed by atoms with van der Waals surface area (Å²) in [6, 6.07) is 8.64. The highest BCUT2D eigenvalue weighted by atomic mass is 32.1. The molecule has 7 heteroatoms. The lowest BCUT2D eigenvalue weighted by atomic mass is 10.1. The molecule has 0 radical (unpaired) electrons. The van der Waals surface area contributed by atoms with Crippen molar-refractivity contribution in [2.75, 3.05) is 18.0 Å². The summed E-state index contributed by atoms with van der Waals surface area (Å²) >= 11 is 3.46. The Balaban J connectivity index is 1.34. The first kappa shape index (κ1) is 15.7. The lowest BCUT2D eigenvalue weighted by Gasteiger charge is -2.33. The van der Waals surface area contributed by atoms with Gasteiger partial charge in [-0.15, -0.1) is 27.8 Å². The number of hydrogen-bond acceptors (Lipinski definition) is 7. The van der Waals surface area contributed by atoms with Gasteiger partial charge in [-0.25, -0.2) is 4.98 Å². The molecule has 124 valence electrons. The van der Waals surface area contributed by atoms with Crippen molar-refractivity contribution in [3.05, 3.63) is 46.9 Å². The zero-order chi connectivity index (χ0) is 16.2. The number of anilines is 1. The maximum atomic E-state index is 4.74. The van der Waals surface area contributed by atoms with Gasteiger partial charge >= 0.3 is 0 Å². The molecule has 3 aromatic heterocycles. The minimum Gasteiger partial charge on any atom is -0.354 e. The minimum atomic E-state index is 0.465. The molecule has 4 heterocycles. The molecule has 24 heavy (non-hydrogen) atoms. The van der Waals surface area contributed by atoms with Crippen molar-refractivity contribution >= 4 is 28.5 Å². The summed E-state index contributed by atoms with van der Waals surface area (Å²) in [6.07, 6.45) is 4.08. The van der Waals surface area contributed by atoms with Gasteiger partial charge in [0.1, 0.15) is 5.01 Å². The maximum absolute atomic E-state index is 4.74. The van der Waals surface area contributed by atoms with E-state index in [0.29, 0.717) is 6.04 Å². The number of hydrogen-bond donors (Lipinski definition) is 1. The van der Waals surface area contributed by atoms with Crippen LogP contribution in [0.3, 0.4) is 0 Å². The zero-order valence-electron chi connectivity index (χ0n) is 13.3. The van der Waals surface area contributed by atoms with Crippen molar-refractivity contribution < 1.29 is 0 Å². The molecular weight excluding hydrogens is 338 g/mol. The van der Waals surface area contributed by atoms with Crippen LogP contribution in [-0.2, 0) is 6.54 Å². The highest BCUT2D eigenvalue weighted by Gasteiger charge is 2.20. The topological polar surface area (TPSA) is 53.9 Å². The number of thiazole rings is 1. The average Bonchev–Trinajstić information content (AvgIpc) is 3.32. The number of aromatic nitrogens is 3. The van der Waals surface area contributed by atoms with Crippen molar-refractivity contribution in [3.63, 3.8) is 0 Å². The van der Waals surface area contributed by atoms with E-state index in [9.17, 15) is 0 Å². The van der Waals surface area contributed by atoms with Crippen LogP contribution >= 0.6 is 22.7 Å². The van der Waals surface area contributed by atoms with Crippen LogP contribution in [0, 0.1) is 0 Å². The van der Waals surface area contributed by atoms with Crippen LogP contribution in [-0.4, -0.2) is 34.3 Å². The third-order valence-corrected chi connectivity index (χ3v) is 6.09. The molecule has 0 aliphatic carbocycles. The molecule has 0 spiro atoms. The number of rotatable bonds is 5. The fourth-order valence-corrected chi connectivity index (χ4v) is 4.60. The Labute approximate surface area is 149 Å². The van der Waals surface area contributed by atoms with Crippen LogP contribution in [0.5, 0.6) is 0 Å². The fourth-order valence-electron chi connectivity index (χ4n) is 2.96. The van der Waals surface area contributed by atoms with E-state index in [0.717, 1.165) is 36.2 Å².